The first-order valence-electron chi connectivity index (χ1n) is 12.0. The quantitative estimate of drug-likeness (QED) is 0.613. The lowest BCUT2D eigenvalue weighted by molar-refractivity contribution is -0.153. The van der Waals surface area contributed by atoms with Crippen molar-refractivity contribution in [1.29, 1.82) is 0 Å². The summed E-state index contributed by atoms with van der Waals surface area (Å²) in [7, 11) is 1.61. The molecule has 4 unspecified atom stereocenters. The molecular formula is C26H34N2O5. The number of benzene rings is 1. The second-order valence-corrected chi connectivity index (χ2v) is 10.0. The van der Waals surface area contributed by atoms with E-state index in [1.807, 2.05) is 50.3 Å². The number of hydrogen-bond acceptors (Lipinski definition) is 5. The van der Waals surface area contributed by atoms with Crippen LogP contribution in [0.1, 0.15) is 57.9 Å². The van der Waals surface area contributed by atoms with Gasteiger partial charge in [0.1, 0.15) is 11.3 Å². The molecule has 2 heterocycles. The minimum absolute atomic E-state index is 0.0465. The normalized spacial score (nSPS) is 30.4. The SMILES string of the molecule is COc1ccc(C=CC2NC(CC(C)C)(C(=O)O)C3C(=O)N(C4CCCCC4)C(=O)C23)cc1. The third kappa shape index (κ3) is 4.19. The molecule has 3 aliphatic rings. The standard InChI is InChI=1S/C26H34N2O5/c1-16(2)15-26(25(31)32)22-21(23(29)28(24(22)30)18-7-5-4-6-8-18)20(27-26)14-11-17-9-12-19(33-3)13-10-17/h9-14,16,18,20-22,27H,4-8,15H2,1-3H3,(H,31,32). The molecule has 1 aromatic rings. The van der Waals surface area contributed by atoms with E-state index in [0.29, 0.717) is 0 Å². The number of likely N-dealkylation sites (tertiary alicyclic amines) is 1. The number of rotatable bonds is 7. The van der Waals surface area contributed by atoms with Crippen LogP contribution in [-0.4, -0.2) is 52.5 Å². The molecule has 0 radical (unpaired) electrons. The monoisotopic (exact) mass is 454 g/mol. The van der Waals surface area contributed by atoms with Gasteiger partial charge in [-0.15, -0.1) is 0 Å². The van der Waals surface area contributed by atoms with Crippen LogP contribution in [0.15, 0.2) is 30.3 Å². The van der Waals surface area contributed by atoms with Crippen LogP contribution in [-0.2, 0) is 14.4 Å². The van der Waals surface area contributed by atoms with Crippen LogP contribution in [0.25, 0.3) is 6.08 Å². The topological polar surface area (TPSA) is 95.9 Å². The summed E-state index contributed by atoms with van der Waals surface area (Å²) in [6, 6.07) is 6.85. The zero-order chi connectivity index (χ0) is 23.8. The number of carbonyl (C=O) groups is 3. The molecule has 33 heavy (non-hydrogen) atoms. The van der Waals surface area contributed by atoms with Gasteiger partial charge in [-0.2, -0.15) is 0 Å². The van der Waals surface area contributed by atoms with Crippen molar-refractivity contribution in [3.05, 3.63) is 35.9 Å². The Morgan fingerprint density at radius 3 is 2.42 bits per heavy atom. The molecule has 178 valence electrons. The lowest BCUT2D eigenvalue weighted by Crippen LogP contribution is -2.58. The summed E-state index contributed by atoms with van der Waals surface area (Å²) < 4.78 is 5.20. The van der Waals surface area contributed by atoms with E-state index in [1.165, 1.54) is 4.90 Å². The van der Waals surface area contributed by atoms with Gasteiger partial charge in [-0.1, -0.05) is 57.4 Å². The lowest BCUT2D eigenvalue weighted by Gasteiger charge is -2.35. The predicted molar refractivity (Wildman–Crippen MR) is 124 cm³/mol. The van der Waals surface area contributed by atoms with E-state index < -0.39 is 29.4 Å². The number of carboxylic acid groups (broad SMARTS) is 1. The Morgan fingerprint density at radius 2 is 1.85 bits per heavy atom. The molecule has 3 fully saturated rings. The molecular weight excluding hydrogens is 420 g/mol. The third-order valence-corrected chi connectivity index (χ3v) is 7.39. The van der Waals surface area contributed by atoms with Crippen LogP contribution in [0.2, 0.25) is 0 Å². The van der Waals surface area contributed by atoms with Crippen molar-refractivity contribution in [3.8, 4) is 5.75 Å². The highest BCUT2D eigenvalue weighted by Crippen LogP contribution is 2.47. The van der Waals surface area contributed by atoms with Crippen LogP contribution in [0, 0.1) is 17.8 Å². The summed E-state index contributed by atoms with van der Waals surface area (Å²) in [5.74, 6) is -2.40. The summed E-state index contributed by atoms with van der Waals surface area (Å²) in [4.78, 5) is 41.3. The van der Waals surface area contributed by atoms with E-state index in [4.69, 9.17) is 4.74 Å². The average molecular weight is 455 g/mol. The van der Waals surface area contributed by atoms with Crippen molar-refractivity contribution in [2.45, 2.75) is 70.0 Å². The van der Waals surface area contributed by atoms with Crippen molar-refractivity contribution in [3.63, 3.8) is 0 Å². The van der Waals surface area contributed by atoms with Crippen LogP contribution in [0.5, 0.6) is 5.75 Å². The maximum absolute atomic E-state index is 13.7. The highest BCUT2D eigenvalue weighted by molar-refractivity contribution is 6.10. The van der Waals surface area contributed by atoms with Crippen molar-refractivity contribution in [2.24, 2.45) is 17.8 Å². The second kappa shape index (κ2) is 9.29. The van der Waals surface area contributed by atoms with Gasteiger partial charge in [0.25, 0.3) is 0 Å². The molecule has 0 spiro atoms. The lowest BCUT2D eigenvalue weighted by atomic mass is 9.75. The molecule has 2 aliphatic heterocycles. The fourth-order valence-electron chi connectivity index (χ4n) is 5.98. The van der Waals surface area contributed by atoms with Crippen molar-refractivity contribution >= 4 is 23.9 Å². The fourth-order valence-corrected chi connectivity index (χ4v) is 5.98. The Bertz CT molecular complexity index is 935. The van der Waals surface area contributed by atoms with Gasteiger partial charge in [0.2, 0.25) is 11.8 Å². The van der Waals surface area contributed by atoms with Crippen LogP contribution >= 0.6 is 0 Å². The zero-order valence-corrected chi connectivity index (χ0v) is 19.6. The van der Waals surface area contributed by atoms with Crippen LogP contribution < -0.4 is 10.1 Å². The largest absolute Gasteiger partial charge is 0.497 e. The molecule has 1 saturated carbocycles. The Kier molecular flexibility index (Phi) is 6.61. The number of aliphatic carboxylic acids is 1. The van der Waals surface area contributed by atoms with E-state index in [9.17, 15) is 19.5 Å². The van der Waals surface area contributed by atoms with Crippen LogP contribution in [0.3, 0.4) is 0 Å². The first-order chi connectivity index (χ1) is 15.8. The number of amides is 2. The minimum Gasteiger partial charge on any atom is -0.497 e. The maximum atomic E-state index is 13.7. The number of carbonyl (C=O) groups excluding carboxylic acids is 2. The Labute approximate surface area is 195 Å². The number of methoxy groups -OCH3 is 1. The molecule has 7 nitrogen and oxygen atoms in total. The number of fused-ring (bicyclic) bond motifs is 1. The Balaban J connectivity index is 1.70. The fraction of sp³-hybridized carbons (Fsp3) is 0.577. The number of ether oxygens (including phenoxy) is 1. The number of hydrogen-bond donors (Lipinski definition) is 2. The number of imide groups is 1. The molecule has 2 N–H and O–H groups in total. The van der Waals surface area contributed by atoms with Crippen molar-refractivity contribution in [2.75, 3.05) is 7.11 Å². The number of carboxylic acids is 1. The highest BCUT2D eigenvalue weighted by Gasteiger charge is 2.68. The molecule has 0 bridgehead atoms. The van der Waals surface area contributed by atoms with Gasteiger partial charge < -0.3 is 9.84 Å². The zero-order valence-electron chi connectivity index (χ0n) is 19.6. The minimum atomic E-state index is -1.45. The molecule has 1 aromatic carbocycles. The molecule has 4 rings (SSSR count). The van der Waals surface area contributed by atoms with Gasteiger partial charge in [-0.25, -0.2) is 0 Å². The van der Waals surface area contributed by atoms with Gasteiger partial charge in [-0.3, -0.25) is 24.6 Å². The number of nitrogens with zero attached hydrogens (tertiary/aromatic N) is 1. The van der Waals surface area contributed by atoms with Crippen molar-refractivity contribution < 1.29 is 24.2 Å². The molecule has 2 saturated heterocycles. The Hall–Kier alpha value is -2.67. The average Bonchev–Trinajstić information content (AvgIpc) is 3.26. The van der Waals surface area contributed by atoms with Crippen molar-refractivity contribution in [1.82, 2.24) is 10.2 Å². The van der Waals surface area contributed by atoms with Crippen LogP contribution in [0.4, 0.5) is 0 Å². The van der Waals surface area contributed by atoms with E-state index >= 15 is 0 Å². The predicted octanol–water partition coefficient (Wildman–Crippen LogP) is 3.48. The summed E-state index contributed by atoms with van der Waals surface area (Å²) in [5.41, 5.74) is -0.545. The summed E-state index contributed by atoms with van der Waals surface area (Å²) in [6.07, 6.45) is 8.72. The molecule has 7 heteroatoms. The second-order valence-electron chi connectivity index (χ2n) is 10.0. The van der Waals surface area contributed by atoms with Gasteiger partial charge in [0.05, 0.1) is 18.9 Å². The third-order valence-electron chi connectivity index (χ3n) is 7.39. The van der Waals surface area contributed by atoms with E-state index in [1.54, 1.807) is 7.11 Å². The van der Waals surface area contributed by atoms with Gasteiger partial charge in [0, 0.05) is 12.1 Å². The van der Waals surface area contributed by atoms with E-state index in [2.05, 4.69) is 5.32 Å². The number of nitrogens with one attached hydrogen (secondary N) is 1. The van der Waals surface area contributed by atoms with Gasteiger partial charge in [0.15, 0.2) is 0 Å². The van der Waals surface area contributed by atoms with Gasteiger partial charge >= 0.3 is 5.97 Å². The van der Waals surface area contributed by atoms with E-state index in [0.717, 1.165) is 43.4 Å². The summed E-state index contributed by atoms with van der Waals surface area (Å²) in [5, 5.41) is 13.6. The van der Waals surface area contributed by atoms with Gasteiger partial charge in [-0.05, 0) is 42.9 Å². The highest BCUT2D eigenvalue weighted by atomic mass is 16.5. The molecule has 2 amide bonds. The Morgan fingerprint density at radius 1 is 1.18 bits per heavy atom. The molecule has 4 atom stereocenters. The summed E-state index contributed by atoms with van der Waals surface area (Å²) in [6.45, 7) is 3.89. The summed E-state index contributed by atoms with van der Waals surface area (Å²) >= 11 is 0. The first kappa shape index (κ1) is 23.5. The maximum Gasteiger partial charge on any atom is 0.324 e. The molecule has 0 aromatic heterocycles. The smallest absolute Gasteiger partial charge is 0.324 e. The van der Waals surface area contributed by atoms with E-state index in [-0.39, 0.29) is 30.2 Å². The first-order valence-corrected chi connectivity index (χ1v) is 12.0. The molecule has 1 aliphatic carbocycles.